The molecule has 1 amide bonds. The standard InChI is InChI=1S/C32H34N4O7/c1-35(2)26-20-14-16-13-19-18(15-6-8-17(9-7-15)34-22-5-4-12-36(22)3)10-11-21(37)24(19)27(38)23(16)29(40)32(20,43)30(41)25(28(26)39)31(33)42/h6-11,16,20,26,37,39-40,43H,4-5,12-14H2,1-3H3,(H2,33,42)/t16-,20-,26-,32+/m1/s1. The molecule has 2 aromatic rings. The van der Waals surface area contributed by atoms with Gasteiger partial charge < -0.3 is 31.1 Å². The van der Waals surface area contributed by atoms with E-state index in [1.165, 1.54) is 11.0 Å². The smallest absolute Gasteiger partial charge is 0.255 e. The summed E-state index contributed by atoms with van der Waals surface area (Å²) in [6, 6.07) is 9.72. The minimum atomic E-state index is -2.66. The number of likely N-dealkylation sites (tertiary alicyclic amines) is 1. The molecule has 1 heterocycles. The molecular formula is C32H34N4O7. The Balaban J connectivity index is 1.45. The van der Waals surface area contributed by atoms with Gasteiger partial charge in [-0.1, -0.05) is 18.2 Å². The lowest BCUT2D eigenvalue weighted by atomic mass is 9.58. The highest BCUT2D eigenvalue weighted by atomic mass is 16.3. The minimum absolute atomic E-state index is 0.0183. The van der Waals surface area contributed by atoms with Crippen molar-refractivity contribution >= 4 is 29.0 Å². The number of carbonyl (C=O) groups is 3. The van der Waals surface area contributed by atoms with E-state index in [4.69, 9.17) is 10.7 Å². The maximum absolute atomic E-state index is 14.0. The van der Waals surface area contributed by atoms with Crippen molar-refractivity contribution in [2.45, 2.75) is 37.3 Å². The number of aliphatic hydroxyl groups is 3. The van der Waals surface area contributed by atoms with E-state index in [1.807, 2.05) is 31.3 Å². The van der Waals surface area contributed by atoms with E-state index < -0.39 is 58.0 Å². The summed E-state index contributed by atoms with van der Waals surface area (Å²) in [5.74, 6) is -5.68. The number of hydrogen-bond donors (Lipinski definition) is 5. The third-order valence-corrected chi connectivity index (χ3v) is 9.38. The number of nitrogens with zero attached hydrogens (tertiary/aromatic N) is 3. The number of Topliss-reactive ketones (excluding diaryl/α,β-unsaturated/α-hetero) is 2. The average molecular weight is 587 g/mol. The van der Waals surface area contributed by atoms with Crippen LogP contribution in [0, 0.1) is 11.8 Å². The Morgan fingerprint density at radius 2 is 1.79 bits per heavy atom. The first-order valence-corrected chi connectivity index (χ1v) is 14.2. The molecule has 0 radical (unpaired) electrons. The molecule has 4 aliphatic rings. The lowest BCUT2D eigenvalue weighted by molar-refractivity contribution is -0.148. The molecule has 2 aromatic carbocycles. The van der Waals surface area contributed by atoms with Crippen molar-refractivity contribution in [3.8, 4) is 16.9 Å². The SMILES string of the molecule is CN1CCCC1=Nc1ccc(-c2ccc(O)c3c2C[C@@H]2C[C@@H]4[C@@H](N(C)C)C(O)=C(C(N)=O)C(=O)[C@@]4(O)C(O)=C2C3=O)cc1. The van der Waals surface area contributed by atoms with Crippen molar-refractivity contribution in [3.05, 3.63) is 70.2 Å². The number of primary amides is 1. The fraction of sp³-hybridized carbons (Fsp3) is 0.375. The molecular weight excluding hydrogens is 552 g/mol. The summed E-state index contributed by atoms with van der Waals surface area (Å²) in [7, 11) is 5.22. The van der Waals surface area contributed by atoms with E-state index >= 15 is 0 Å². The minimum Gasteiger partial charge on any atom is -0.510 e. The summed E-state index contributed by atoms with van der Waals surface area (Å²) in [5.41, 5.74) is 4.61. The third kappa shape index (κ3) is 4.17. The number of rotatable bonds is 4. The highest BCUT2D eigenvalue weighted by Crippen LogP contribution is 2.53. The number of aliphatic hydroxyl groups excluding tert-OH is 2. The summed E-state index contributed by atoms with van der Waals surface area (Å²) in [6.45, 7) is 0.974. The van der Waals surface area contributed by atoms with Crippen molar-refractivity contribution < 1.29 is 34.8 Å². The van der Waals surface area contributed by atoms with Crippen molar-refractivity contribution in [1.82, 2.24) is 9.80 Å². The van der Waals surface area contributed by atoms with Crippen molar-refractivity contribution in [2.75, 3.05) is 27.7 Å². The number of aromatic hydroxyl groups is 1. The summed E-state index contributed by atoms with van der Waals surface area (Å²) < 4.78 is 0. The quantitative estimate of drug-likeness (QED) is 0.337. The first-order chi connectivity index (χ1) is 20.4. The van der Waals surface area contributed by atoms with Crippen LogP contribution in [0.1, 0.15) is 35.2 Å². The van der Waals surface area contributed by atoms with Crippen molar-refractivity contribution in [2.24, 2.45) is 22.6 Å². The van der Waals surface area contributed by atoms with Gasteiger partial charge in [-0.2, -0.15) is 0 Å². The van der Waals surface area contributed by atoms with E-state index in [0.29, 0.717) is 5.56 Å². The van der Waals surface area contributed by atoms with Gasteiger partial charge in [0, 0.05) is 31.5 Å². The Morgan fingerprint density at radius 3 is 2.40 bits per heavy atom. The molecule has 4 atom stereocenters. The predicted octanol–water partition coefficient (Wildman–Crippen LogP) is 2.54. The lowest BCUT2D eigenvalue weighted by Gasteiger charge is -2.50. The van der Waals surface area contributed by atoms with Crippen LogP contribution in [0.25, 0.3) is 11.1 Å². The van der Waals surface area contributed by atoms with Gasteiger partial charge in [-0.25, -0.2) is 4.99 Å². The van der Waals surface area contributed by atoms with Crippen LogP contribution in [0.5, 0.6) is 5.75 Å². The number of allylic oxidation sites excluding steroid dienone is 1. The number of hydrogen-bond acceptors (Lipinski definition) is 9. The number of benzene rings is 2. The van der Waals surface area contributed by atoms with Gasteiger partial charge in [-0.3, -0.25) is 19.3 Å². The van der Waals surface area contributed by atoms with Crippen LogP contribution in [0.4, 0.5) is 5.69 Å². The topological polar surface area (TPSA) is 177 Å². The maximum atomic E-state index is 14.0. The van der Waals surface area contributed by atoms with Crippen LogP contribution >= 0.6 is 0 Å². The van der Waals surface area contributed by atoms with Crippen LogP contribution in [0.3, 0.4) is 0 Å². The Hall–Kier alpha value is -4.48. The normalized spacial score (nSPS) is 28.0. The van der Waals surface area contributed by atoms with Crippen LogP contribution in [0.15, 0.2) is 64.1 Å². The van der Waals surface area contributed by atoms with Crippen molar-refractivity contribution in [1.29, 1.82) is 0 Å². The van der Waals surface area contributed by atoms with E-state index in [9.17, 15) is 34.8 Å². The molecule has 0 saturated carbocycles. The molecule has 0 spiro atoms. The first kappa shape index (κ1) is 28.6. The van der Waals surface area contributed by atoms with Crippen LogP contribution in [0.2, 0.25) is 0 Å². The number of likely N-dealkylation sites (N-methyl/N-ethyl adjacent to an activating group) is 1. The lowest BCUT2D eigenvalue weighted by Crippen LogP contribution is -2.63. The molecule has 43 heavy (non-hydrogen) atoms. The van der Waals surface area contributed by atoms with E-state index in [2.05, 4.69) is 4.90 Å². The number of nitrogens with two attached hydrogens (primary N) is 1. The van der Waals surface area contributed by atoms with E-state index in [0.717, 1.165) is 42.0 Å². The summed E-state index contributed by atoms with van der Waals surface area (Å²) in [6.07, 6.45) is 2.24. The second kappa shape index (κ2) is 10.1. The number of phenolic OH excluding ortho intramolecular Hbond substituents is 1. The van der Waals surface area contributed by atoms with E-state index in [-0.39, 0.29) is 29.7 Å². The molecule has 1 saturated heterocycles. The zero-order valence-corrected chi connectivity index (χ0v) is 24.2. The summed E-state index contributed by atoms with van der Waals surface area (Å²) >= 11 is 0. The zero-order chi connectivity index (χ0) is 31.0. The number of ketones is 2. The van der Waals surface area contributed by atoms with Gasteiger partial charge in [-0.05, 0) is 74.2 Å². The fourth-order valence-electron chi connectivity index (χ4n) is 7.32. The third-order valence-electron chi connectivity index (χ3n) is 9.38. The summed E-state index contributed by atoms with van der Waals surface area (Å²) in [5, 5.41) is 45.0. The number of carbonyl (C=O) groups excluding carboxylic acids is 3. The molecule has 0 bridgehead atoms. The fourth-order valence-corrected chi connectivity index (χ4v) is 7.32. The molecule has 11 nitrogen and oxygen atoms in total. The van der Waals surface area contributed by atoms with Crippen LogP contribution < -0.4 is 5.73 Å². The Kier molecular flexibility index (Phi) is 6.70. The van der Waals surface area contributed by atoms with E-state index in [1.54, 1.807) is 20.2 Å². The van der Waals surface area contributed by atoms with Gasteiger partial charge in [0.2, 0.25) is 5.78 Å². The Morgan fingerprint density at radius 1 is 1.09 bits per heavy atom. The molecule has 1 fully saturated rings. The highest BCUT2D eigenvalue weighted by molar-refractivity contribution is 6.25. The second-order valence-corrected chi connectivity index (χ2v) is 12.0. The maximum Gasteiger partial charge on any atom is 0.255 e. The van der Waals surface area contributed by atoms with Gasteiger partial charge >= 0.3 is 0 Å². The van der Waals surface area contributed by atoms with Crippen molar-refractivity contribution in [3.63, 3.8) is 0 Å². The molecule has 6 N–H and O–H groups in total. The molecule has 0 unspecified atom stereocenters. The number of aliphatic imine (C=N–C) groups is 1. The van der Waals surface area contributed by atoms with Gasteiger partial charge in [0.05, 0.1) is 17.3 Å². The van der Waals surface area contributed by atoms with Gasteiger partial charge in [0.25, 0.3) is 5.91 Å². The Bertz CT molecular complexity index is 1670. The highest BCUT2D eigenvalue weighted by Gasteiger charge is 2.63. The average Bonchev–Trinajstić information content (AvgIpc) is 3.35. The first-order valence-electron chi connectivity index (χ1n) is 14.2. The van der Waals surface area contributed by atoms with Gasteiger partial charge in [-0.15, -0.1) is 0 Å². The van der Waals surface area contributed by atoms with Crippen LogP contribution in [-0.4, -0.2) is 92.9 Å². The molecule has 1 aliphatic heterocycles. The number of phenols is 1. The molecule has 224 valence electrons. The van der Waals surface area contributed by atoms with Gasteiger partial charge in [0.1, 0.15) is 28.7 Å². The monoisotopic (exact) mass is 586 g/mol. The summed E-state index contributed by atoms with van der Waals surface area (Å²) in [4.78, 5) is 48.0. The number of amides is 1. The largest absolute Gasteiger partial charge is 0.510 e. The molecule has 6 rings (SSSR count). The Labute approximate surface area is 248 Å². The molecule has 0 aromatic heterocycles. The number of fused-ring (bicyclic) bond motifs is 3. The molecule has 11 heteroatoms. The van der Waals surface area contributed by atoms with Crippen LogP contribution in [-0.2, 0) is 16.0 Å². The predicted molar refractivity (Wildman–Crippen MR) is 158 cm³/mol. The molecule has 3 aliphatic carbocycles. The number of amidine groups is 1. The second-order valence-electron chi connectivity index (χ2n) is 12.0. The zero-order valence-electron chi connectivity index (χ0n) is 24.2. The van der Waals surface area contributed by atoms with Gasteiger partial charge in [0.15, 0.2) is 11.4 Å².